The lowest BCUT2D eigenvalue weighted by molar-refractivity contribution is 0.112. The summed E-state index contributed by atoms with van der Waals surface area (Å²) in [4.78, 5) is 26.7. The summed E-state index contributed by atoms with van der Waals surface area (Å²) in [5, 5.41) is 15.6. The molecule has 0 bridgehead atoms. The first-order chi connectivity index (χ1) is 15.2. The molecule has 2 heterocycles. The van der Waals surface area contributed by atoms with Crippen LogP contribution in [0.4, 0.5) is 9.80 Å². The summed E-state index contributed by atoms with van der Waals surface area (Å²) in [6.07, 6.45) is 0.107. The van der Waals surface area contributed by atoms with Gasteiger partial charge in [0.2, 0.25) is 0 Å². The molecule has 31 heavy (non-hydrogen) atoms. The van der Waals surface area contributed by atoms with Gasteiger partial charge >= 0.3 is 6.09 Å². The SMILES string of the molecule is COC(=O)NC(c1ccc2ccccc2c1)c1c(C=O)sc(N2CCOCC2)c1C#N. The van der Waals surface area contributed by atoms with Crippen molar-refractivity contribution in [1.82, 2.24) is 5.32 Å². The topological polar surface area (TPSA) is 91.7 Å². The molecule has 0 spiro atoms. The van der Waals surface area contributed by atoms with Crippen LogP contribution in [-0.4, -0.2) is 45.8 Å². The largest absolute Gasteiger partial charge is 0.453 e. The predicted octanol–water partition coefficient (Wildman–Crippen LogP) is 3.87. The van der Waals surface area contributed by atoms with Gasteiger partial charge in [-0.25, -0.2) is 4.79 Å². The van der Waals surface area contributed by atoms with Crippen LogP contribution < -0.4 is 10.2 Å². The highest BCUT2D eigenvalue weighted by molar-refractivity contribution is 7.18. The molecule has 8 heteroatoms. The molecule has 0 radical (unpaired) electrons. The minimum Gasteiger partial charge on any atom is -0.453 e. The number of morpholine rings is 1. The summed E-state index contributed by atoms with van der Waals surface area (Å²) in [5.74, 6) is 0. The van der Waals surface area contributed by atoms with E-state index in [2.05, 4.69) is 16.3 Å². The fourth-order valence-electron chi connectivity index (χ4n) is 3.81. The normalized spacial score (nSPS) is 14.6. The summed E-state index contributed by atoms with van der Waals surface area (Å²) in [5.41, 5.74) is 1.64. The van der Waals surface area contributed by atoms with Crippen molar-refractivity contribution in [3.8, 4) is 6.07 Å². The number of nitriles is 1. The zero-order valence-electron chi connectivity index (χ0n) is 17.0. The van der Waals surface area contributed by atoms with Crippen molar-refractivity contribution in [3.05, 3.63) is 64.0 Å². The molecule has 3 aromatic rings. The van der Waals surface area contributed by atoms with Gasteiger partial charge in [-0.15, -0.1) is 11.3 Å². The van der Waals surface area contributed by atoms with E-state index in [-0.39, 0.29) is 0 Å². The van der Waals surface area contributed by atoms with Crippen molar-refractivity contribution >= 4 is 39.5 Å². The lowest BCUT2D eigenvalue weighted by atomic mass is 9.94. The van der Waals surface area contributed by atoms with Crippen LogP contribution in [0.2, 0.25) is 0 Å². The van der Waals surface area contributed by atoms with Crippen LogP contribution in [0.3, 0.4) is 0 Å². The number of aldehydes is 1. The Hall–Kier alpha value is -3.41. The standard InChI is InChI=1S/C23H21N3O4S/c1-29-23(28)25-21(17-7-6-15-4-2-3-5-16(15)12-17)20-18(13-24)22(31-19(20)14-27)26-8-10-30-11-9-26/h2-7,12,14,21H,8-11H2,1H3,(H,25,28). The fraction of sp³-hybridized carbons (Fsp3) is 0.261. The number of rotatable bonds is 5. The van der Waals surface area contributed by atoms with E-state index >= 15 is 0 Å². The second kappa shape index (κ2) is 9.16. The minimum absolute atomic E-state index is 0.392. The number of carbonyl (C=O) groups is 2. The summed E-state index contributed by atoms with van der Waals surface area (Å²) >= 11 is 1.27. The first-order valence-corrected chi connectivity index (χ1v) is 10.7. The van der Waals surface area contributed by atoms with Crippen molar-refractivity contribution in [3.63, 3.8) is 0 Å². The van der Waals surface area contributed by atoms with Gasteiger partial charge in [-0.2, -0.15) is 5.26 Å². The quantitative estimate of drug-likeness (QED) is 0.612. The monoisotopic (exact) mass is 435 g/mol. The minimum atomic E-state index is -0.710. The second-order valence-corrected chi connectivity index (χ2v) is 8.10. The molecule has 1 atom stereocenters. The number of benzene rings is 2. The van der Waals surface area contributed by atoms with Crippen molar-refractivity contribution in [2.45, 2.75) is 6.04 Å². The lowest BCUT2D eigenvalue weighted by Crippen LogP contribution is -2.36. The Labute approximate surface area is 183 Å². The number of thiophene rings is 1. The lowest BCUT2D eigenvalue weighted by Gasteiger charge is -2.28. The van der Waals surface area contributed by atoms with Gasteiger partial charge in [-0.3, -0.25) is 4.79 Å². The van der Waals surface area contributed by atoms with E-state index in [0.717, 1.165) is 27.6 Å². The second-order valence-electron chi connectivity index (χ2n) is 7.06. The molecule has 1 unspecified atom stereocenters. The van der Waals surface area contributed by atoms with Gasteiger partial charge in [-0.1, -0.05) is 36.4 Å². The van der Waals surface area contributed by atoms with Gasteiger partial charge in [0.1, 0.15) is 11.1 Å². The molecule has 7 nitrogen and oxygen atoms in total. The average Bonchev–Trinajstić information content (AvgIpc) is 3.21. The van der Waals surface area contributed by atoms with Gasteiger partial charge < -0.3 is 19.7 Å². The molecule has 158 valence electrons. The molecular formula is C23H21N3O4S. The van der Waals surface area contributed by atoms with Crippen LogP contribution in [-0.2, 0) is 9.47 Å². The van der Waals surface area contributed by atoms with Gasteiger partial charge in [0, 0.05) is 18.7 Å². The number of methoxy groups -OCH3 is 1. The van der Waals surface area contributed by atoms with E-state index in [9.17, 15) is 14.9 Å². The number of amides is 1. The highest BCUT2D eigenvalue weighted by Crippen LogP contribution is 2.41. The summed E-state index contributed by atoms with van der Waals surface area (Å²) in [6.45, 7) is 2.39. The maximum absolute atomic E-state index is 12.2. The highest BCUT2D eigenvalue weighted by atomic mass is 32.1. The summed E-state index contributed by atoms with van der Waals surface area (Å²) < 4.78 is 10.3. The Bertz CT molecular complexity index is 1160. The number of nitrogens with one attached hydrogen (secondary N) is 1. The third-order valence-electron chi connectivity index (χ3n) is 5.32. The summed E-state index contributed by atoms with van der Waals surface area (Å²) in [6, 6.07) is 15.2. The van der Waals surface area contributed by atoms with Crippen LogP contribution >= 0.6 is 11.3 Å². The molecule has 1 aromatic heterocycles. The molecule has 1 aliphatic rings. The number of carbonyl (C=O) groups excluding carboxylic acids is 2. The zero-order valence-corrected chi connectivity index (χ0v) is 17.8. The van der Waals surface area contributed by atoms with Crippen molar-refractivity contribution in [1.29, 1.82) is 5.26 Å². The van der Waals surface area contributed by atoms with Gasteiger partial charge in [0.15, 0.2) is 6.29 Å². The van der Waals surface area contributed by atoms with Crippen molar-refractivity contribution < 1.29 is 19.1 Å². The van der Waals surface area contributed by atoms with Crippen molar-refractivity contribution in [2.24, 2.45) is 0 Å². The van der Waals surface area contributed by atoms with Gasteiger partial charge in [0.25, 0.3) is 0 Å². The smallest absolute Gasteiger partial charge is 0.407 e. The first-order valence-electron chi connectivity index (χ1n) is 9.84. The number of fused-ring (bicyclic) bond motifs is 1. The number of hydrogen-bond donors (Lipinski definition) is 1. The third kappa shape index (κ3) is 4.10. The predicted molar refractivity (Wildman–Crippen MR) is 119 cm³/mol. The van der Waals surface area contributed by atoms with E-state index in [1.165, 1.54) is 18.4 Å². The Morgan fingerprint density at radius 3 is 2.68 bits per heavy atom. The number of alkyl carbamates (subject to hydrolysis) is 1. The van der Waals surface area contributed by atoms with E-state index < -0.39 is 12.1 Å². The molecule has 2 aromatic carbocycles. The van der Waals surface area contributed by atoms with Crippen LogP contribution in [0, 0.1) is 11.3 Å². The molecule has 0 aliphatic carbocycles. The maximum atomic E-state index is 12.2. The molecule has 1 amide bonds. The van der Waals surface area contributed by atoms with E-state index in [0.29, 0.717) is 42.3 Å². The van der Waals surface area contributed by atoms with Gasteiger partial charge in [-0.05, 0) is 22.4 Å². The maximum Gasteiger partial charge on any atom is 0.407 e. The van der Waals surface area contributed by atoms with E-state index in [4.69, 9.17) is 9.47 Å². The molecule has 4 rings (SSSR count). The van der Waals surface area contributed by atoms with E-state index in [1.54, 1.807) is 0 Å². The Balaban J connectivity index is 1.87. The molecule has 1 saturated heterocycles. The Morgan fingerprint density at radius 1 is 1.26 bits per heavy atom. The van der Waals surface area contributed by atoms with Crippen LogP contribution in [0.15, 0.2) is 42.5 Å². The van der Waals surface area contributed by atoms with Crippen molar-refractivity contribution in [2.75, 3.05) is 38.3 Å². The van der Waals surface area contributed by atoms with Crippen LogP contribution in [0.5, 0.6) is 0 Å². The first kappa shape index (κ1) is 20.8. The van der Waals surface area contributed by atoms with Crippen LogP contribution in [0.25, 0.3) is 10.8 Å². The number of nitrogens with zero attached hydrogens (tertiary/aromatic N) is 2. The average molecular weight is 436 g/mol. The molecule has 1 fully saturated rings. The molecule has 1 aliphatic heterocycles. The Kier molecular flexibility index (Phi) is 6.16. The number of anilines is 1. The number of ether oxygens (including phenoxy) is 2. The number of hydrogen-bond acceptors (Lipinski definition) is 7. The molecule has 1 N–H and O–H groups in total. The summed E-state index contributed by atoms with van der Waals surface area (Å²) in [7, 11) is 1.28. The Morgan fingerprint density at radius 2 is 2.00 bits per heavy atom. The fourth-order valence-corrected chi connectivity index (χ4v) is 4.96. The highest BCUT2D eigenvalue weighted by Gasteiger charge is 2.30. The molecule has 0 saturated carbocycles. The van der Waals surface area contributed by atoms with E-state index in [1.807, 2.05) is 42.5 Å². The molecular weight excluding hydrogens is 414 g/mol. The van der Waals surface area contributed by atoms with Gasteiger partial charge in [0.05, 0.1) is 36.8 Å². The van der Waals surface area contributed by atoms with Crippen LogP contribution in [0.1, 0.15) is 32.4 Å². The third-order valence-corrected chi connectivity index (χ3v) is 6.51. The zero-order chi connectivity index (χ0) is 21.8.